The Kier molecular flexibility index (Phi) is 6.06. The molecule has 0 radical (unpaired) electrons. The molecule has 0 bridgehead atoms. The molecule has 1 unspecified atom stereocenters. The standard InChI is InChI=1S/C19H23BrN2O3/c1-12(22-18(24)19(2,3)4)17(23)21-11-15-9-10-16(25-15)13-5-7-14(20)8-6-13/h5-10,12H,11H2,1-4H3,(H,21,23)(H,22,24). The number of hydrogen-bond acceptors (Lipinski definition) is 3. The maximum atomic E-state index is 12.1. The minimum absolute atomic E-state index is 0.161. The van der Waals surface area contributed by atoms with Crippen LogP contribution in [0.3, 0.4) is 0 Å². The molecule has 0 fully saturated rings. The third-order valence-corrected chi connectivity index (χ3v) is 4.18. The molecule has 1 atom stereocenters. The van der Waals surface area contributed by atoms with E-state index in [4.69, 9.17) is 4.42 Å². The fraction of sp³-hybridized carbons (Fsp3) is 0.368. The van der Waals surface area contributed by atoms with Crippen molar-refractivity contribution in [3.05, 3.63) is 46.6 Å². The van der Waals surface area contributed by atoms with Gasteiger partial charge < -0.3 is 15.1 Å². The molecule has 1 aromatic carbocycles. The number of benzene rings is 1. The molecular weight excluding hydrogens is 384 g/mol. The van der Waals surface area contributed by atoms with Gasteiger partial charge in [0.05, 0.1) is 6.54 Å². The second-order valence-corrected chi connectivity index (χ2v) is 7.85. The average molecular weight is 407 g/mol. The predicted octanol–water partition coefficient (Wildman–Crippen LogP) is 3.88. The van der Waals surface area contributed by atoms with Gasteiger partial charge in [-0.3, -0.25) is 9.59 Å². The molecule has 0 aliphatic rings. The first kappa shape index (κ1) is 19.2. The number of carbonyl (C=O) groups is 2. The summed E-state index contributed by atoms with van der Waals surface area (Å²) >= 11 is 3.40. The third-order valence-electron chi connectivity index (χ3n) is 3.65. The van der Waals surface area contributed by atoms with Crippen molar-refractivity contribution in [3.63, 3.8) is 0 Å². The fourth-order valence-corrected chi connectivity index (χ4v) is 2.31. The number of furan rings is 1. The van der Waals surface area contributed by atoms with Crippen LogP contribution in [0.1, 0.15) is 33.5 Å². The molecular formula is C19H23BrN2O3. The number of halogens is 1. The van der Waals surface area contributed by atoms with Crippen LogP contribution in [-0.4, -0.2) is 17.9 Å². The van der Waals surface area contributed by atoms with Crippen molar-refractivity contribution in [3.8, 4) is 11.3 Å². The van der Waals surface area contributed by atoms with E-state index in [2.05, 4.69) is 26.6 Å². The molecule has 0 aliphatic carbocycles. The lowest BCUT2D eigenvalue weighted by atomic mass is 9.95. The zero-order valence-electron chi connectivity index (χ0n) is 14.9. The summed E-state index contributed by atoms with van der Waals surface area (Å²) in [6.45, 7) is 7.35. The first-order chi connectivity index (χ1) is 11.7. The van der Waals surface area contributed by atoms with Crippen molar-refractivity contribution in [2.75, 3.05) is 0 Å². The molecule has 2 rings (SSSR count). The lowest BCUT2D eigenvalue weighted by molar-refractivity contribution is -0.133. The zero-order valence-corrected chi connectivity index (χ0v) is 16.4. The van der Waals surface area contributed by atoms with E-state index in [1.807, 2.05) is 36.4 Å². The van der Waals surface area contributed by atoms with Crippen LogP contribution in [0.25, 0.3) is 11.3 Å². The molecule has 25 heavy (non-hydrogen) atoms. The second-order valence-electron chi connectivity index (χ2n) is 6.94. The van der Waals surface area contributed by atoms with Gasteiger partial charge in [0.15, 0.2) is 0 Å². The van der Waals surface area contributed by atoms with Gasteiger partial charge >= 0.3 is 0 Å². The van der Waals surface area contributed by atoms with Gasteiger partial charge in [-0.05, 0) is 31.2 Å². The van der Waals surface area contributed by atoms with Crippen LogP contribution in [-0.2, 0) is 16.1 Å². The molecule has 0 spiro atoms. The Morgan fingerprint density at radius 2 is 1.76 bits per heavy atom. The largest absolute Gasteiger partial charge is 0.459 e. The molecule has 1 heterocycles. The number of rotatable bonds is 5. The third kappa shape index (κ3) is 5.46. The quantitative estimate of drug-likeness (QED) is 0.791. The Balaban J connectivity index is 1.90. The van der Waals surface area contributed by atoms with Gasteiger partial charge in [0.1, 0.15) is 17.6 Å². The Labute approximate surface area is 156 Å². The fourth-order valence-electron chi connectivity index (χ4n) is 2.05. The van der Waals surface area contributed by atoms with Crippen molar-refractivity contribution >= 4 is 27.7 Å². The summed E-state index contributed by atoms with van der Waals surface area (Å²) < 4.78 is 6.76. The van der Waals surface area contributed by atoms with E-state index in [9.17, 15) is 9.59 Å². The lowest BCUT2D eigenvalue weighted by Crippen LogP contribution is -2.48. The number of hydrogen-bond donors (Lipinski definition) is 2. The smallest absolute Gasteiger partial charge is 0.242 e. The van der Waals surface area contributed by atoms with Crippen molar-refractivity contribution in [2.45, 2.75) is 40.3 Å². The molecule has 0 saturated carbocycles. The van der Waals surface area contributed by atoms with Gasteiger partial charge in [0.25, 0.3) is 0 Å². The second kappa shape index (κ2) is 7.87. The highest BCUT2D eigenvalue weighted by molar-refractivity contribution is 9.10. The summed E-state index contributed by atoms with van der Waals surface area (Å²) in [4.78, 5) is 24.0. The molecule has 6 heteroatoms. The number of nitrogens with one attached hydrogen (secondary N) is 2. The van der Waals surface area contributed by atoms with Crippen molar-refractivity contribution in [1.29, 1.82) is 0 Å². The Morgan fingerprint density at radius 1 is 1.12 bits per heavy atom. The van der Waals surface area contributed by atoms with Crippen LogP contribution in [0, 0.1) is 5.41 Å². The predicted molar refractivity (Wildman–Crippen MR) is 101 cm³/mol. The summed E-state index contributed by atoms with van der Waals surface area (Å²) in [5.74, 6) is 0.983. The monoisotopic (exact) mass is 406 g/mol. The lowest BCUT2D eigenvalue weighted by Gasteiger charge is -2.21. The number of amides is 2. The molecule has 2 aromatic rings. The van der Waals surface area contributed by atoms with E-state index < -0.39 is 11.5 Å². The molecule has 2 amide bonds. The van der Waals surface area contributed by atoms with E-state index in [-0.39, 0.29) is 18.4 Å². The van der Waals surface area contributed by atoms with Crippen molar-refractivity contribution in [1.82, 2.24) is 10.6 Å². The van der Waals surface area contributed by atoms with E-state index in [0.717, 1.165) is 15.8 Å². The SMILES string of the molecule is CC(NC(=O)C(C)(C)C)C(=O)NCc1ccc(-c2ccc(Br)cc2)o1. The highest BCUT2D eigenvalue weighted by atomic mass is 79.9. The molecule has 134 valence electrons. The summed E-state index contributed by atoms with van der Waals surface area (Å²) in [5, 5.41) is 5.48. The Hall–Kier alpha value is -2.08. The van der Waals surface area contributed by atoms with Crippen LogP contribution in [0.5, 0.6) is 0 Å². The molecule has 2 N–H and O–H groups in total. The zero-order chi connectivity index (χ0) is 18.6. The van der Waals surface area contributed by atoms with Gasteiger partial charge in [-0.15, -0.1) is 0 Å². The maximum absolute atomic E-state index is 12.1. The van der Waals surface area contributed by atoms with Gasteiger partial charge in [-0.25, -0.2) is 0 Å². The summed E-state index contributed by atoms with van der Waals surface area (Å²) in [6, 6.07) is 10.9. The number of carbonyl (C=O) groups excluding carboxylic acids is 2. The van der Waals surface area contributed by atoms with Crippen molar-refractivity contribution < 1.29 is 14.0 Å². The minimum atomic E-state index is -0.604. The molecule has 0 aliphatic heterocycles. The summed E-state index contributed by atoms with van der Waals surface area (Å²) in [6.07, 6.45) is 0. The van der Waals surface area contributed by atoms with Gasteiger partial charge in [0, 0.05) is 15.5 Å². The highest BCUT2D eigenvalue weighted by Gasteiger charge is 2.25. The summed E-state index contributed by atoms with van der Waals surface area (Å²) in [5.41, 5.74) is 0.432. The van der Waals surface area contributed by atoms with Crippen LogP contribution in [0.4, 0.5) is 0 Å². The van der Waals surface area contributed by atoms with Crippen LogP contribution >= 0.6 is 15.9 Å². The van der Waals surface area contributed by atoms with Gasteiger partial charge in [-0.1, -0.05) is 48.8 Å². The van der Waals surface area contributed by atoms with Crippen molar-refractivity contribution in [2.24, 2.45) is 5.41 Å². The topological polar surface area (TPSA) is 71.3 Å². The van der Waals surface area contributed by atoms with Gasteiger partial charge in [0.2, 0.25) is 11.8 Å². The Morgan fingerprint density at radius 3 is 2.36 bits per heavy atom. The van der Waals surface area contributed by atoms with Crippen LogP contribution in [0.2, 0.25) is 0 Å². The minimum Gasteiger partial charge on any atom is -0.459 e. The first-order valence-corrected chi connectivity index (χ1v) is 8.89. The maximum Gasteiger partial charge on any atom is 0.242 e. The molecule has 5 nitrogen and oxygen atoms in total. The highest BCUT2D eigenvalue weighted by Crippen LogP contribution is 2.24. The molecule has 1 aromatic heterocycles. The van der Waals surface area contributed by atoms with Crippen LogP contribution < -0.4 is 10.6 Å². The van der Waals surface area contributed by atoms with Gasteiger partial charge in [-0.2, -0.15) is 0 Å². The van der Waals surface area contributed by atoms with Crippen LogP contribution in [0.15, 0.2) is 45.3 Å². The Bertz CT molecular complexity index is 745. The van der Waals surface area contributed by atoms with E-state index >= 15 is 0 Å². The average Bonchev–Trinajstić information content (AvgIpc) is 3.01. The van der Waals surface area contributed by atoms with E-state index in [1.165, 1.54) is 0 Å². The molecule has 0 saturated heterocycles. The van der Waals surface area contributed by atoms with E-state index in [1.54, 1.807) is 27.7 Å². The normalized spacial score (nSPS) is 12.5. The summed E-state index contributed by atoms with van der Waals surface area (Å²) in [7, 11) is 0. The first-order valence-electron chi connectivity index (χ1n) is 8.10. The van der Waals surface area contributed by atoms with E-state index in [0.29, 0.717) is 5.76 Å².